The number of aromatic nitrogens is 3. The number of pyridine rings is 1. The van der Waals surface area contributed by atoms with E-state index < -0.39 is 0 Å². The molecule has 0 saturated carbocycles. The van der Waals surface area contributed by atoms with Crippen LogP contribution >= 0.6 is 0 Å². The molecule has 0 spiro atoms. The summed E-state index contributed by atoms with van der Waals surface area (Å²) in [5, 5.41) is 11.3. The van der Waals surface area contributed by atoms with Gasteiger partial charge in [-0.25, -0.2) is 9.97 Å². The number of nitrogens with zero attached hydrogens (tertiary/aromatic N) is 4. The molecule has 0 aliphatic carbocycles. The van der Waals surface area contributed by atoms with Crippen LogP contribution in [0.25, 0.3) is 0 Å². The van der Waals surface area contributed by atoms with Crippen molar-refractivity contribution in [2.75, 3.05) is 18.0 Å². The minimum atomic E-state index is -0.327. The Morgan fingerprint density at radius 1 is 1.36 bits per heavy atom. The lowest BCUT2D eigenvalue weighted by atomic mass is 9.93. The van der Waals surface area contributed by atoms with E-state index >= 15 is 0 Å². The molecule has 3 heterocycles. The van der Waals surface area contributed by atoms with Crippen LogP contribution in [-0.4, -0.2) is 33.0 Å². The molecule has 1 aliphatic rings. The number of hydrogen-bond acceptors (Lipinski definition) is 5. The fraction of sp³-hybridized carbons (Fsp3) is 0.467. The van der Waals surface area contributed by atoms with Crippen LogP contribution in [0.5, 0.6) is 0 Å². The number of imidazole rings is 1. The zero-order chi connectivity index (χ0) is 15.5. The minimum absolute atomic E-state index is 0.131. The number of rotatable bonds is 4. The van der Waals surface area contributed by atoms with Gasteiger partial charge in [-0.1, -0.05) is 0 Å². The predicted octanol–water partition coefficient (Wildman–Crippen LogP) is 2.48. The second-order valence-electron chi connectivity index (χ2n) is 5.73. The van der Waals surface area contributed by atoms with Gasteiger partial charge in [0, 0.05) is 43.7 Å². The van der Waals surface area contributed by atoms with Gasteiger partial charge in [-0.15, -0.1) is 0 Å². The van der Waals surface area contributed by atoms with Gasteiger partial charge in [0.15, 0.2) is 0 Å². The summed E-state index contributed by atoms with van der Waals surface area (Å²) in [5.41, 5.74) is 0.791. The lowest BCUT2D eigenvalue weighted by molar-refractivity contribution is -0.384. The van der Waals surface area contributed by atoms with E-state index in [2.05, 4.69) is 15.0 Å². The summed E-state index contributed by atoms with van der Waals surface area (Å²) in [6.45, 7) is 3.35. The summed E-state index contributed by atoms with van der Waals surface area (Å²) in [7, 11) is 0. The molecule has 0 unspecified atom stereocenters. The molecule has 0 amide bonds. The van der Waals surface area contributed by atoms with E-state index in [1.807, 2.05) is 11.1 Å². The summed E-state index contributed by atoms with van der Waals surface area (Å²) in [6, 6.07) is 1.69. The highest BCUT2D eigenvalue weighted by Gasteiger charge is 2.27. The Hall–Kier alpha value is -2.44. The number of hydrogen-bond donors (Lipinski definition) is 1. The molecule has 0 aromatic carbocycles. The summed E-state index contributed by atoms with van der Waals surface area (Å²) in [5.74, 6) is 2.07. The third-order valence-corrected chi connectivity index (χ3v) is 4.24. The first kappa shape index (κ1) is 14.5. The molecule has 1 N–H and O–H groups in total. The van der Waals surface area contributed by atoms with Crippen LogP contribution < -0.4 is 4.90 Å². The van der Waals surface area contributed by atoms with Crippen molar-refractivity contribution in [2.45, 2.75) is 26.2 Å². The van der Waals surface area contributed by atoms with Gasteiger partial charge in [0.2, 0.25) is 5.82 Å². The minimum Gasteiger partial charge on any atom is -0.351 e. The van der Waals surface area contributed by atoms with Crippen molar-refractivity contribution < 1.29 is 4.92 Å². The first-order valence-corrected chi connectivity index (χ1v) is 7.48. The average molecular weight is 301 g/mol. The van der Waals surface area contributed by atoms with Crippen molar-refractivity contribution in [1.82, 2.24) is 15.0 Å². The number of nitro groups is 1. The lowest BCUT2D eigenvalue weighted by Gasteiger charge is -2.32. The van der Waals surface area contributed by atoms with E-state index in [-0.39, 0.29) is 10.6 Å². The van der Waals surface area contributed by atoms with E-state index in [1.165, 1.54) is 0 Å². The van der Waals surface area contributed by atoms with Crippen LogP contribution in [0.2, 0.25) is 0 Å². The third kappa shape index (κ3) is 2.93. The van der Waals surface area contributed by atoms with Crippen LogP contribution in [0.4, 0.5) is 11.5 Å². The van der Waals surface area contributed by atoms with Crippen molar-refractivity contribution in [3.63, 3.8) is 0 Å². The molecule has 1 aliphatic heterocycles. The predicted molar refractivity (Wildman–Crippen MR) is 82.9 cm³/mol. The van der Waals surface area contributed by atoms with Gasteiger partial charge in [-0.05, 0) is 31.7 Å². The molecule has 7 nitrogen and oxygen atoms in total. The van der Waals surface area contributed by atoms with Crippen LogP contribution in [0.15, 0.2) is 24.7 Å². The Morgan fingerprint density at radius 2 is 2.14 bits per heavy atom. The van der Waals surface area contributed by atoms with Crippen molar-refractivity contribution in [1.29, 1.82) is 0 Å². The first-order valence-electron chi connectivity index (χ1n) is 7.48. The van der Waals surface area contributed by atoms with E-state index in [4.69, 9.17) is 0 Å². The first-order chi connectivity index (χ1) is 10.6. The SMILES string of the molecule is Cc1ccnc(N2CCC(Cc3ncc[nH]3)CC2)c1[N+](=O)[O-]. The summed E-state index contributed by atoms with van der Waals surface area (Å²) in [4.78, 5) is 24.6. The third-order valence-electron chi connectivity index (χ3n) is 4.24. The van der Waals surface area contributed by atoms with Crippen molar-refractivity contribution in [3.8, 4) is 0 Å². The quantitative estimate of drug-likeness (QED) is 0.692. The number of aryl methyl sites for hydroxylation is 1. The van der Waals surface area contributed by atoms with Gasteiger partial charge in [-0.2, -0.15) is 0 Å². The zero-order valence-electron chi connectivity index (χ0n) is 12.5. The lowest BCUT2D eigenvalue weighted by Crippen LogP contribution is -2.35. The largest absolute Gasteiger partial charge is 0.351 e. The zero-order valence-corrected chi connectivity index (χ0v) is 12.5. The Labute approximate surface area is 128 Å². The molecule has 0 radical (unpaired) electrons. The molecule has 116 valence electrons. The molecular formula is C15H19N5O2. The maximum absolute atomic E-state index is 11.3. The van der Waals surface area contributed by atoms with Gasteiger partial charge >= 0.3 is 5.69 Å². The highest BCUT2D eigenvalue weighted by Crippen LogP contribution is 2.32. The number of H-pyrrole nitrogens is 1. The highest BCUT2D eigenvalue weighted by atomic mass is 16.6. The topological polar surface area (TPSA) is 88.0 Å². The Bertz CT molecular complexity index is 648. The number of nitrogens with one attached hydrogen (secondary N) is 1. The fourth-order valence-electron chi connectivity index (χ4n) is 3.03. The number of anilines is 1. The van der Waals surface area contributed by atoms with Crippen molar-refractivity contribution in [3.05, 3.63) is 46.2 Å². The van der Waals surface area contributed by atoms with Gasteiger partial charge < -0.3 is 9.88 Å². The van der Waals surface area contributed by atoms with E-state index in [1.54, 1.807) is 25.4 Å². The highest BCUT2D eigenvalue weighted by molar-refractivity contribution is 5.61. The summed E-state index contributed by atoms with van der Waals surface area (Å²) < 4.78 is 0. The second-order valence-corrected chi connectivity index (χ2v) is 5.73. The molecule has 0 atom stereocenters. The maximum atomic E-state index is 11.3. The van der Waals surface area contributed by atoms with Crippen LogP contribution in [0.1, 0.15) is 24.2 Å². The van der Waals surface area contributed by atoms with Crippen LogP contribution in [-0.2, 0) is 6.42 Å². The normalized spacial score (nSPS) is 16.0. The molecule has 1 fully saturated rings. The molecular weight excluding hydrogens is 282 g/mol. The van der Waals surface area contributed by atoms with Gasteiger partial charge in [0.25, 0.3) is 0 Å². The van der Waals surface area contributed by atoms with Gasteiger partial charge in [0.1, 0.15) is 5.82 Å². The number of aromatic amines is 1. The standard InChI is InChI=1S/C15H19N5O2/c1-11-2-5-18-15(14(11)20(21)22)19-8-3-12(4-9-19)10-13-16-6-7-17-13/h2,5-7,12H,3-4,8-10H2,1H3,(H,16,17). The molecule has 1 saturated heterocycles. The maximum Gasteiger partial charge on any atom is 0.314 e. The molecule has 7 heteroatoms. The van der Waals surface area contributed by atoms with Crippen LogP contribution in [0.3, 0.4) is 0 Å². The molecule has 0 bridgehead atoms. The summed E-state index contributed by atoms with van der Waals surface area (Å²) in [6.07, 6.45) is 8.17. The molecule has 2 aromatic rings. The van der Waals surface area contributed by atoms with E-state index in [0.29, 0.717) is 17.3 Å². The van der Waals surface area contributed by atoms with Crippen LogP contribution in [0, 0.1) is 23.0 Å². The molecule has 3 rings (SSSR count). The smallest absolute Gasteiger partial charge is 0.314 e. The van der Waals surface area contributed by atoms with Gasteiger partial charge in [-0.3, -0.25) is 10.1 Å². The van der Waals surface area contributed by atoms with Gasteiger partial charge in [0.05, 0.1) is 4.92 Å². The Morgan fingerprint density at radius 3 is 2.77 bits per heavy atom. The fourth-order valence-corrected chi connectivity index (χ4v) is 3.03. The number of piperidine rings is 1. The van der Waals surface area contributed by atoms with E-state index in [9.17, 15) is 10.1 Å². The Kier molecular flexibility index (Phi) is 4.04. The van der Waals surface area contributed by atoms with E-state index in [0.717, 1.165) is 38.2 Å². The molecule has 22 heavy (non-hydrogen) atoms. The Balaban J connectivity index is 1.69. The van der Waals surface area contributed by atoms with Crippen molar-refractivity contribution in [2.24, 2.45) is 5.92 Å². The molecule has 2 aromatic heterocycles. The van der Waals surface area contributed by atoms with Crippen molar-refractivity contribution >= 4 is 11.5 Å². The monoisotopic (exact) mass is 301 g/mol. The second kappa shape index (κ2) is 6.13. The summed E-state index contributed by atoms with van der Waals surface area (Å²) >= 11 is 0. The average Bonchev–Trinajstić information content (AvgIpc) is 3.00.